The second kappa shape index (κ2) is 15.3. The van der Waals surface area contributed by atoms with Gasteiger partial charge in [0, 0.05) is 28.8 Å². The van der Waals surface area contributed by atoms with Crippen LogP contribution in [0.4, 0.5) is 5.69 Å². The number of hydrazone groups is 1. The molecule has 0 aliphatic carbocycles. The fraction of sp³-hybridized carbons (Fsp3) is 0.118. The molecule has 0 saturated carbocycles. The minimum Gasteiger partial charge on any atom is -0.423 e. The molecule has 2 amide bonds. The topological polar surface area (TPSA) is 100 Å². The number of anilines is 1. The third-order valence-electron chi connectivity index (χ3n) is 6.41. The molecule has 2 N–H and O–H groups in total. The Labute approximate surface area is 259 Å². The van der Waals surface area contributed by atoms with Crippen LogP contribution in [0.25, 0.3) is 6.08 Å². The van der Waals surface area contributed by atoms with Crippen LogP contribution in [0.2, 0.25) is 0 Å². The van der Waals surface area contributed by atoms with Crippen molar-refractivity contribution < 1.29 is 19.1 Å². The monoisotopic (exact) mass is 638 g/mol. The van der Waals surface area contributed by atoms with E-state index < -0.39 is 17.8 Å². The number of carbonyl (C=O) groups excluding carboxylic acids is 3. The van der Waals surface area contributed by atoms with Gasteiger partial charge in [0.05, 0.1) is 11.8 Å². The maximum absolute atomic E-state index is 13.1. The molecule has 0 saturated heterocycles. The Kier molecular flexibility index (Phi) is 11.0. The van der Waals surface area contributed by atoms with E-state index in [-0.39, 0.29) is 5.70 Å². The van der Waals surface area contributed by atoms with Gasteiger partial charge in [0.1, 0.15) is 11.4 Å². The first-order valence-electron chi connectivity index (χ1n) is 13.7. The standard InChI is InChI=1S/C34H31BrN4O4/c1-3-39(4-2)29-18-10-24(11-19-29)22-31(37-32(40)26-8-6-5-7-9-26)33(41)38-36-23-25-12-20-30(21-13-25)43-34(42)27-14-16-28(35)17-15-27/h5-23H,3-4H2,1-2H3,(H,37,40)(H,38,41)/b31-22+,36-23-. The van der Waals surface area contributed by atoms with Crippen LogP contribution >= 0.6 is 15.9 Å². The van der Waals surface area contributed by atoms with Crippen LogP contribution in [0.3, 0.4) is 0 Å². The maximum Gasteiger partial charge on any atom is 0.343 e. The summed E-state index contributed by atoms with van der Waals surface area (Å²) in [5.74, 6) is -1.11. The zero-order chi connectivity index (χ0) is 30.6. The van der Waals surface area contributed by atoms with E-state index in [1.54, 1.807) is 78.9 Å². The SMILES string of the molecule is CCN(CC)c1ccc(/C=C(/NC(=O)c2ccccc2)C(=O)N/N=C\c2ccc(OC(=O)c3ccc(Br)cc3)cc2)cc1. The van der Waals surface area contributed by atoms with Gasteiger partial charge in [-0.3, -0.25) is 9.59 Å². The lowest BCUT2D eigenvalue weighted by Crippen LogP contribution is -2.32. The highest BCUT2D eigenvalue weighted by molar-refractivity contribution is 9.10. The summed E-state index contributed by atoms with van der Waals surface area (Å²) in [6, 6.07) is 29.9. The smallest absolute Gasteiger partial charge is 0.343 e. The molecule has 0 fully saturated rings. The molecule has 4 aromatic rings. The lowest BCUT2D eigenvalue weighted by Gasteiger charge is -2.20. The summed E-state index contributed by atoms with van der Waals surface area (Å²) in [6.45, 7) is 5.94. The second-order valence-electron chi connectivity index (χ2n) is 9.31. The molecule has 0 spiro atoms. The summed E-state index contributed by atoms with van der Waals surface area (Å²) in [7, 11) is 0. The average molecular weight is 640 g/mol. The van der Waals surface area contributed by atoms with Gasteiger partial charge in [-0.15, -0.1) is 0 Å². The van der Waals surface area contributed by atoms with Crippen LogP contribution in [-0.2, 0) is 4.79 Å². The third kappa shape index (κ3) is 8.98. The zero-order valence-electron chi connectivity index (χ0n) is 23.8. The molecule has 43 heavy (non-hydrogen) atoms. The van der Waals surface area contributed by atoms with E-state index in [9.17, 15) is 14.4 Å². The third-order valence-corrected chi connectivity index (χ3v) is 6.94. The summed E-state index contributed by atoms with van der Waals surface area (Å²) in [5, 5.41) is 6.76. The van der Waals surface area contributed by atoms with Gasteiger partial charge in [-0.1, -0.05) is 46.3 Å². The highest BCUT2D eigenvalue weighted by Gasteiger charge is 2.15. The van der Waals surface area contributed by atoms with Gasteiger partial charge in [-0.25, -0.2) is 10.2 Å². The number of halogens is 1. The van der Waals surface area contributed by atoms with Gasteiger partial charge < -0.3 is 15.0 Å². The van der Waals surface area contributed by atoms with Gasteiger partial charge in [0.25, 0.3) is 11.8 Å². The van der Waals surface area contributed by atoms with Crippen LogP contribution in [-0.4, -0.2) is 37.1 Å². The molecular weight excluding hydrogens is 608 g/mol. The van der Waals surface area contributed by atoms with Crippen LogP contribution in [0, 0.1) is 0 Å². The molecule has 0 radical (unpaired) electrons. The van der Waals surface area contributed by atoms with E-state index in [2.05, 4.69) is 50.5 Å². The fourth-order valence-electron chi connectivity index (χ4n) is 4.08. The number of rotatable bonds is 11. The quantitative estimate of drug-likeness (QED) is 0.0648. The zero-order valence-corrected chi connectivity index (χ0v) is 25.4. The van der Waals surface area contributed by atoms with E-state index in [0.717, 1.165) is 28.8 Å². The van der Waals surface area contributed by atoms with Gasteiger partial charge in [0.2, 0.25) is 0 Å². The van der Waals surface area contributed by atoms with Gasteiger partial charge >= 0.3 is 5.97 Å². The Hall–Kier alpha value is -5.02. The number of nitrogens with zero attached hydrogens (tertiary/aromatic N) is 2. The number of hydrogen-bond donors (Lipinski definition) is 2. The predicted octanol–water partition coefficient (Wildman–Crippen LogP) is 6.44. The van der Waals surface area contributed by atoms with Crippen molar-refractivity contribution in [3.8, 4) is 5.75 Å². The number of hydrogen-bond acceptors (Lipinski definition) is 6. The Morgan fingerprint density at radius 2 is 1.42 bits per heavy atom. The van der Waals surface area contributed by atoms with Crippen LogP contribution < -0.4 is 20.4 Å². The highest BCUT2D eigenvalue weighted by Crippen LogP contribution is 2.18. The van der Waals surface area contributed by atoms with Crippen molar-refractivity contribution in [2.24, 2.45) is 5.10 Å². The molecule has 0 bridgehead atoms. The van der Waals surface area contributed by atoms with Crippen molar-refractivity contribution >= 4 is 51.7 Å². The van der Waals surface area contributed by atoms with Crippen molar-refractivity contribution in [1.82, 2.24) is 10.7 Å². The van der Waals surface area contributed by atoms with E-state index >= 15 is 0 Å². The molecule has 4 aromatic carbocycles. The molecule has 0 atom stereocenters. The number of amides is 2. The molecular formula is C34H31BrN4O4. The Morgan fingerprint density at radius 3 is 2.05 bits per heavy atom. The van der Waals surface area contributed by atoms with Gasteiger partial charge in [-0.2, -0.15) is 5.10 Å². The van der Waals surface area contributed by atoms with E-state index in [0.29, 0.717) is 22.4 Å². The minimum absolute atomic E-state index is 0.0387. The summed E-state index contributed by atoms with van der Waals surface area (Å²) in [5.41, 5.74) is 5.84. The summed E-state index contributed by atoms with van der Waals surface area (Å²) < 4.78 is 6.28. The normalized spacial score (nSPS) is 11.2. The first-order valence-corrected chi connectivity index (χ1v) is 14.5. The average Bonchev–Trinajstić information content (AvgIpc) is 3.03. The van der Waals surface area contributed by atoms with Crippen molar-refractivity contribution in [3.05, 3.63) is 136 Å². The molecule has 0 aliphatic rings. The summed E-state index contributed by atoms with van der Waals surface area (Å²) in [6.07, 6.45) is 3.06. The summed E-state index contributed by atoms with van der Waals surface area (Å²) in [4.78, 5) is 40.6. The molecule has 0 unspecified atom stereocenters. The van der Waals surface area contributed by atoms with Gasteiger partial charge in [-0.05, 0) is 104 Å². The number of benzene rings is 4. The van der Waals surface area contributed by atoms with E-state index in [1.807, 2.05) is 30.3 Å². The molecule has 0 aliphatic heterocycles. The Balaban J connectivity index is 1.44. The van der Waals surface area contributed by atoms with Crippen molar-refractivity contribution in [1.29, 1.82) is 0 Å². The molecule has 0 heterocycles. The maximum atomic E-state index is 13.1. The van der Waals surface area contributed by atoms with Crippen molar-refractivity contribution in [3.63, 3.8) is 0 Å². The first-order chi connectivity index (χ1) is 20.9. The second-order valence-corrected chi connectivity index (χ2v) is 10.2. The number of nitrogens with one attached hydrogen (secondary N) is 2. The van der Waals surface area contributed by atoms with Crippen molar-refractivity contribution in [2.45, 2.75) is 13.8 Å². The Morgan fingerprint density at radius 1 is 0.791 bits per heavy atom. The lowest BCUT2D eigenvalue weighted by molar-refractivity contribution is -0.117. The molecule has 0 aromatic heterocycles. The highest BCUT2D eigenvalue weighted by atomic mass is 79.9. The van der Waals surface area contributed by atoms with E-state index in [4.69, 9.17) is 4.74 Å². The molecule has 9 heteroatoms. The van der Waals surface area contributed by atoms with Crippen LogP contribution in [0.15, 0.2) is 118 Å². The number of ether oxygens (including phenoxy) is 1. The predicted molar refractivity (Wildman–Crippen MR) is 173 cm³/mol. The first kappa shape index (κ1) is 30.9. The number of carbonyl (C=O) groups is 3. The molecule has 8 nitrogen and oxygen atoms in total. The number of esters is 1. The van der Waals surface area contributed by atoms with Crippen LogP contribution in [0.5, 0.6) is 5.75 Å². The Bertz CT molecular complexity index is 1600. The van der Waals surface area contributed by atoms with E-state index in [1.165, 1.54) is 6.21 Å². The molecule has 218 valence electrons. The van der Waals surface area contributed by atoms with Gasteiger partial charge in [0.15, 0.2) is 0 Å². The fourth-order valence-corrected chi connectivity index (χ4v) is 4.34. The summed E-state index contributed by atoms with van der Waals surface area (Å²) >= 11 is 3.34. The molecule has 4 rings (SSSR count). The van der Waals surface area contributed by atoms with Crippen LogP contribution in [0.1, 0.15) is 45.7 Å². The largest absolute Gasteiger partial charge is 0.423 e. The minimum atomic E-state index is -0.589. The lowest BCUT2D eigenvalue weighted by atomic mass is 10.1. The van der Waals surface area contributed by atoms with Crippen molar-refractivity contribution in [2.75, 3.05) is 18.0 Å².